The van der Waals surface area contributed by atoms with Gasteiger partial charge in [0.05, 0.1) is 17.3 Å². The molecule has 0 bridgehead atoms. The second kappa shape index (κ2) is 4.99. The number of piperidine rings is 1. The number of aryl methyl sites for hydroxylation is 1. The topological polar surface area (TPSA) is 75.2 Å². The maximum atomic E-state index is 12.2. The number of aromatic nitrogens is 2. The van der Waals surface area contributed by atoms with Crippen LogP contribution in [0.4, 0.5) is 0 Å². The Hall–Kier alpha value is -1.60. The number of imidazole rings is 1. The molecule has 1 saturated heterocycles. The molecule has 2 aromatic rings. The molecule has 114 valence electrons. The van der Waals surface area contributed by atoms with Gasteiger partial charge in [0.15, 0.2) is 0 Å². The van der Waals surface area contributed by atoms with E-state index < -0.39 is 10.0 Å². The van der Waals surface area contributed by atoms with Crippen LogP contribution in [0.25, 0.3) is 11.0 Å². The average Bonchev–Trinajstić information content (AvgIpc) is 2.73. The summed E-state index contributed by atoms with van der Waals surface area (Å²) in [5.74, 6) is 0. The Morgan fingerprint density at radius 1 is 1.24 bits per heavy atom. The van der Waals surface area contributed by atoms with E-state index in [-0.39, 0.29) is 11.7 Å². The normalized spacial score (nSPS) is 18.4. The molecule has 21 heavy (non-hydrogen) atoms. The molecule has 0 amide bonds. The highest BCUT2D eigenvalue weighted by Crippen LogP contribution is 2.26. The molecule has 0 saturated carbocycles. The van der Waals surface area contributed by atoms with Gasteiger partial charge < -0.3 is 4.98 Å². The maximum absolute atomic E-state index is 12.2. The molecule has 0 atom stereocenters. The lowest BCUT2D eigenvalue weighted by Gasteiger charge is -2.30. The highest BCUT2D eigenvalue weighted by atomic mass is 32.2. The molecule has 1 N–H and O–H groups in total. The smallest absolute Gasteiger partial charge is 0.306 e. The van der Waals surface area contributed by atoms with Gasteiger partial charge in [-0.05, 0) is 37.5 Å². The molecule has 3 rings (SSSR count). The largest absolute Gasteiger partial charge is 0.326 e. The monoisotopic (exact) mass is 309 g/mol. The number of benzene rings is 1. The van der Waals surface area contributed by atoms with E-state index in [1.165, 1.54) is 10.6 Å². The van der Waals surface area contributed by atoms with Gasteiger partial charge in [-0.15, -0.1) is 0 Å². The van der Waals surface area contributed by atoms with Gasteiger partial charge >= 0.3 is 5.69 Å². The first-order chi connectivity index (χ1) is 9.86. The Morgan fingerprint density at radius 2 is 1.90 bits per heavy atom. The summed E-state index contributed by atoms with van der Waals surface area (Å²) >= 11 is 0. The van der Waals surface area contributed by atoms with E-state index in [0.717, 1.165) is 16.6 Å². The van der Waals surface area contributed by atoms with Gasteiger partial charge in [-0.1, -0.05) is 6.07 Å². The minimum Gasteiger partial charge on any atom is -0.306 e. The van der Waals surface area contributed by atoms with E-state index in [1.54, 1.807) is 4.57 Å². The van der Waals surface area contributed by atoms with Crippen molar-refractivity contribution in [3.8, 4) is 0 Å². The Kier molecular flexibility index (Phi) is 3.41. The number of H-pyrrole nitrogens is 1. The summed E-state index contributed by atoms with van der Waals surface area (Å²) in [4.78, 5) is 15.1. The molecular formula is C14H19N3O3S. The summed E-state index contributed by atoms with van der Waals surface area (Å²) in [7, 11) is -3.14. The van der Waals surface area contributed by atoms with Crippen LogP contribution < -0.4 is 5.69 Å². The number of nitrogens with zero attached hydrogens (tertiary/aromatic N) is 2. The summed E-state index contributed by atoms with van der Waals surface area (Å²) in [5.41, 5.74) is 2.71. The predicted molar refractivity (Wildman–Crippen MR) is 82.0 cm³/mol. The molecule has 1 aromatic carbocycles. The van der Waals surface area contributed by atoms with Gasteiger partial charge in [0, 0.05) is 19.1 Å². The quantitative estimate of drug-likeness (QED) is 0.907. The molecule has 7 heteroatoms. The first kappa shape index (κ1) is 14.3. The Bertz CT molecular complexity index is 827. The maximum Gasteiger partial charge on any atom is 0.326 e. The van der Waals surface area contributed by atoms with E-state index in [4.69, 9.17) is 0 Å². The molecule has 0 spiro atoms. The van der Waals surface area contributed by atoms with Gasteiger partial charge in [0.1, 0.15) is 0 Å². The average molecular weight is 309 g/mol. The standard InChI is InChI=1S/C14H19N3O3S/c1-10-3-4-13-12(9-10)15-14(18)17(13)11-5-7-16(8-6-11)21(2,19)20/h3-4,9,11H,5-8H2,1-2H3,(H,15,18). The highest BCUT2D eigenvalue weighted by Gasteiger charge is 2.27. The molecule has 1 aliphatic heterocycles. The van der Waals surface area contributed by atoms with Crippen molar-refractivity contribution in [3.05, 3.63) is 34.2 Å². The van der Waals surface area contributed by atoms with Crippen molar-refractivity contribution in [1.82, 2.24) is 13.9 Å². The van der Waals surface area contributed by atoms with E-state index >= 15 is 0 Å². The van der Waals surface area contributed by atoms with Crippen molar-refractivity contribution >= 4 is 21.1 Å². The zero-order chi connectivity index (χ0) is 15.2. The second-order valence-electron chi connectivity index (χ2n) is 5.71. The Balaban J connectivity index is 1.93. The van der Waals surface area contributed by atoms with Crippen LogP contribution in [-0.2, 0) is 10.0 Å². The van der Waals surface area contributed by atoms with E-state index in [0.29, 0.717) is 25.9 Å². The van der Waals surface area contributed by atoms with Crippen molar-refractivity contribution in [2.45, 2.75) is 25.8 Å². The lowest BCUT2D eigenvalue weighted by molar-refractivity contribution is 0.275. The first-order valence-corrected chi connectivity index (χ1v) is 8.87. The summed E-state index contributed by atoms with van der Waals surface area (Å²) in [6.45, 7) is 2.92. The Labute approximate surface area is 123 Å². The van der Waals surface area contributed by atoms with Gasteiger partial charge in [-0.25, -0.2) is 17.5 Å². The van der Waals surface area contributed by atoms with Crippen LogP contribution in [0.3, 0.4) is 0 Å². The van der Waals surface area contributed by atoms with Gasteiger partial charge in [-0.2, -0.15) is 0 Å². The molecule has 0 radical (unpaired) electrons. The molecular weight excluding hydrogens is 290 g/mol. The third kappa shape index (κ3) is 2.63. The van der Waals surface area contributed by atoms with Crippen LogP contribution in [0.15, 0.2) is 23.0 Å². The number of sulfonamides is 1. The van der Waals surface area contributed by atoms with Crippen LogP contribution in [0.1, 0.15) is 24.4 Å². The molecule has 0 aliphatic carbocycles. The SMILES string of the molecule is Cc1ccc2c(c1)[nH]c(=O)n2C1CCN(S(C)(=O)=O)CC1. The number of nitrogens with one attached hydrogen (secondary N) is 1. The summed E-state index contributed by atoms with van der Waals surface area (Å²) in [6.07, 6.45) is 2.55. The number of rotatable bonds is 2. The number of aromatic amines is 1. The highest BCUT2D eigenvalue weighted by molar-refractivity contribution is 7.88. The third-order valence-corrected chi connectivity index (χ3v) is 5.43. The van der Waals surface area contributed by atoms with E-state index in [2.05, 4.69) is 4.98 Å². The number of hydrogen-bond donors (Lipinski definition) is 1. The predicted octanol–water partition coefficient (Wildman–Crippen LogP) is 1.23. The Morgan fingerprint density at radius 3 is 2.52 bits per heavy atom. The molecule has 2 heterocycles. The number of fused-ring (bicyclic) bond motifs is 1. The fourth-order valence-electron chi connectivity index (χ4n) is 3.04. The van der Waals surface area contributed by atoms with Crippen LogP contribution in [0, 0.1) is 6.92 Å². The van der Waals surface area contributed by atoms with Crippen LogP contribution >= 0.6 is 0 Å². The second-order valence-corrected chi connectivity index (χ2v) is 7.70. The van der Waals surface area contributed by atoms with Crippen LogP contribution in [0.2, 0.25) is 0 Å². The minimum absolute atomic E-state index is 0.0481. The van der Waals surface area contributed by atoms with Crippen molar-refractivity contribution in [3.63, 3.8) is 0 Å². The fraction of sp³-hybridized carbons (Fsp3) is 0.500. The van der Waals surface area contributed by atoms with E-state index in [9.17, 15) is 13.2 Å². The fourth-order valence-corrected chi connectivity index (χ4v) is 3.91. The molecule has 1 aromatic heterocycles. The van der Waals surface area contributed by atoms with Gasteiger partial charge in [0.2, 0.25) is 10.0 Å². The van der Waals surface area contributed by atoms with Crippen LogP contribution in [0.5, 0.6) is 0 Å². The number of hydrogen-bond acceptors (Lipinski definition) is 3. The minimum atomic E-state index is -3.14. The molecule has 1 fully saturated rings. The van der Waals surface area contributed by atoms with Crippen molar-refractivity contribution in [2.75, 3.05) is 19.3 Å². The van der Waals surface area contributed by atoms with Crippen molar-refractivity contribution < 1.29 is 8.42 Å². The summed E-state index contributed by atoms with van der Waals surface area (Å²) < 4.78 is 26.3. The molecule has 6 nitrogen and oxygen atoms in total. The van der Waals surface area contributed by atoms with Crippen molar-refractivity contribution in [2.24, 2.45) is 0 Å². The van der Waals surface area contributed by atoms with E-state index in [1.807, 2.05) is 25.1 Å². The van der Waals surface area contributed by atoms with Crippen LogP contribution in [-0.4, -0.2) is 41.6 Å². The summed E-state index contributed by atoms with van der Waals surface area (Å²) in [6, 6.07) is 5.94. The molecule has 1 aliphatic rings. The van der Waals surface area contributed by atoms with Crippen molar-refractivity contribution in [1.29, 1.82) is 0 Å². The molecule has 0 unspecified atom stereocenters. The first-order valence-electron chi connectivity index (χ1n) is 7.02. The zero-order valence-corrected chi connectivity index (χ0v) is 13.0. The lowest BCUT2D eigenvalue weighted by Crippen LogP contribution is -2.39. The zero-order valence-electron chi connectivity index (χ0n) is 12.2. The third-order valence-electron chi connectivity index (χ3n) is 4.13. The van der Waals surface area contributed by atoms with Gasteiger partial charge in [-0.3, -0.25) is 4.57 Å². The van der Waals surface area contributed by atoms with Gasteiger partial charge in [0.25, 0.3) is 0 Å². The summed E-state index contributed by atoms with van der Waals surface area (Å²) in [5, 5.41) is 0. The lowest BCUT2D eigenvalue weighted by atomic mass is 10.1.